The van der Waals surface area contributed by atoms with E-state index in [1.54, 1.807) is 18.2 Å². The van der Waals surface area contributed by atoms with E-state index < -0.39 is 6.10 Å². The summed E-state index contributed by atoms with van der Waals surface area (Å²) < 4.78 is 13.5. The molecule has 1 aromatic rings. The molecule has 4 heteroatoms. The van der Waals surface area contributed by atoms with Crippen molar-refractivity contribution in [3.05, 3.63) is 35.6 Å². The third-order valence-electron chi connectivity index (χ3n) is 3.20. The lowest BCUT2D eigenvalue weighted by molar-refractivity contribution is 0.156. The third-order valence-corrected chi connectivity index (χ3v) is 3.20. The van der Waals surface area contributed by atoms with Crippen LogP contribution in [0, 0.1) is 11.7 Å². The van der Waals surface area contributed by atoms with Crippen LogP contribution in [0.5, 0.6) is 0 Å². The predicted octanol–water partition coefficient (Wildman–Crippen LogP) is 2.03. The van der Waals surface area contributed by atoms with Gasteiger partial charge in [0.2, 0.25) is 0 Å². The Labute approximate surface area is 115 Å². The average molecular weight is 268 g/mol. The fourth-order valence-electron chi connectivity index (χ4n) is 2.02. The fourth-order valence-corrected chi connectivity index (χ4v) is 2.02. The van der Waals surface area contributed by atoms with E-state index in [1.807, 2.05) is 14.1 Å². The van der Waals surface area contributed by atoms with Gasteiger partial charge in [-0.25, -0.2) is 4.39 Å². The zero-order valence-corrected chi connectivity index (χ0v) is 12.2. The summed E-state index contributed by atoms with van der Waals surface area (Å²) in [5, 5.41) is 13.4. The van der Waals surface area contributed by atoms with Crippen molar-refractivity contribution in [3.63, 3.8) is 0 Å². The topological polar surface area (TPSA) is 35.5 Å². The van der Waals surface area contributed by atoms with Gasteiger partial charge in [0, 0.05) is 24.7 Å². The van der Waals surface area contributed by atoms with E-state index in [-0.39, 0.29) is 11.9 Å². The Balaban J connectivity index is 2.57. The van der Waals surface area contributed by atoms with Gasteiger partial charge < -0.3 is 15.3 Å². The maximum absolute atomic E-state index is 13.5. The summed E-state index contributed by atoms with van der Waals surface area (Å²) >= 11 is 0. The van der Waals surface area contributed by atoms with Crippen LogP contribution in [0.4, 0.5) is 4.39 Å². The number of hydrogen-bond donors (Lipinski definition) is 2. The van der Waals surface area contributed by atoms with Crippen molar-refractivity contribution in [3.8, 4) is 0 Å². The molecule has 0 aliphatic heterocycles. The number of rotatable bonds is 7. The molecule has 0 heterocycles. The third kappa shape index (κ3) is 5.27. The van der Waals surface area contributed by atoms with E-state index in [2.05, 4.69) is 24.1 Å². The molecule has 0 radical (unpaired) electrons. The van der Waals surface area contributed by atoms with Gasteiger partial charge in [-0.1, -0.05) is 32.0 Å². The maximum Gasteiger partial charge on any atom is 0.129 e. The molecule has 0 saturated heterocycles. The molecule has 0 aliphatic carbocycles. The summed E-state index contributed by atoms with van der Waals surface area (Å²) in [6.07, 6.45) is -0.815. The number of nitrogens with zero attached hydrogens (tertiary/aromatic N) is 1. The Morgan fingerprint density at radius 1 is 1.26 bits per heavy atom. The second-order valence-corrected chi connectivity index (χ2v) is 5.56. The lowest BCUT2D eigenvalue weighted by atomic mass is 10.0. The first-order valence-electron chi connectivity index (χ1n) is 6.72. The Morgan fingerprint density at radius 3 is 2.42 bits per heavy atom. The molecule has 19 heavy (non-hydrogen) atoms. The highest BCUT2D eigenvalue weighted by Gasteiger charge is 2.17. The van der Waals surface area contributed by atoms with E-state index in [1.165, 1.54) is 6.07 Å². The van der Waals surface area contributed by atoms with Gasteiger partial charge in [0.05, 0.1) is 6.10 Å². The Morgan fingerprint density at radius 2 is 1.89 bits per heavy atom. The van der Waals surface area contributed by atoms with Crippen LogP contribution in [-0.2, 0) is 0 Å². The molecule has 2 atom stereocenters. The van der Waals surface area contributed by atoms with E-state index in [4.69, 9.17) is 0 Å². The Hall–Kier alpha value is -0.970. The summed E-state index contributed by atoms with van der Waals surface area (Å²) in [6, 6.07) is 6.64. The fraction of sp³-hybridized carbons (Fsp3) is 0.600. The molecule has 0 aromatic heterocycles. The van der Waals surface area contributed by atoms with Crippen LogP contribution in [0.2, 0.25) is 0 Å². The molecule has 0 amide bonds. The van der Waals surface area contributed by atoms with Gasteiger partial charge in [-0.15, -0.1) is 0 Å². The Kier molecular flexibility index (Phi) is 6.42. The molecule has 0 spiro atoms. The minimum absolute atomic E-state index is 0.274. The highest BCUT2D eigenvalue weighted by Crippen LogP contribution is 2.16. The highest BCUT2D eigenvalue weighted by molar-refractivity contribution is 5.20. The minimum Gasteiger partial charge on any atom is -0.387 e. The van der Waals surface area contributed by atoms with Crippen molar-refractivity contribution in [1.82, 2.24) is 10.2 Å². The first kappa shape index (κ1) is 16.1. The number of aliphatic hydroxyl groups excluding tert-OH is 1. The zero-order chi connectivity index (χ0) is 14.4. The average Bonchev–Trinajstić information content (AvgIpc) is 2.34. The predicted molar refractivity (Wildman–Crippen MR) is 76.5 cm³/mol. The molecular formula is C15H25FN2O. The second-order valence-electron chi connectivity index (χ2n) is 5.56. The van der Waals surface area contributed by atoms with Gasteiger partial charge in [0.25, 0.3) is 0 Å². The van der Waals surface area contributed by atoms with Crippen molar-refractivity contribution >= 4 is 0 Å². The van der Waals surface area contributed by atoms with E-state index in [0.717, 1.165) is 6.54 Å². The van der Waals surface area contributed by atoms with Crippen LogP contribution < -0.4 is 5.32 Å². The van der Waals surface area contributed by atoms with Crippen LogP contribution in [0.15, 0.2) is 24.3 Å². The van der Waals surface area contributed by atoms with E-state index in [9.17, 15) is 9.50 Å². The number of halogens is 1. The highest BCUT2D eigenvalue weighted by atomic mass is 19.1. The van der Waals surface area contributed by atoms with E-state index >= 15 is 0 Å². The molecule has 1 aromatic carbocycles. The van der Waals surface area contributed by atoms with Crippen LogP contribution in [0.25, 0.3) is 0 Å². The second kappa shape index (κ2) is 7.58. The Bertz CT molecular complexity index is 382. The monoisotopic (exact) mass is 268 g/mol. The molecule has 108 valence electrons. The minimum atomic E-state index is -0.815. The SMILES string of the molecule is CC(C)C(CN(C)C)NCC(O)c1ccccc1F. The lowest BCUT2D eigenvalue weighted by Crippen LogP contribution is -2.43. The number of likely N-dealkylation sites (N-methyl/N-ethyl adjacent to an activating group) is 1. The smallest absolute Gasteiger partial charge is 0.129 e. The van der Waals surface area contributed by atoms with Gasteiger partial charge in [-0.05, 0) is 26.1 Å². The zero-order valence-electron chi connectivity index (χ0n) is 12.2. The van der Waals surface area contributed by atoms with Crippen LogP contribution >= 0.6 is 0 Å². The number of hydrogen-bond acceptors (Lipinski definition) is 3. The van der Waals surface area contributed by atoms with Gasteiger partial charge in [-0.3, -0.25) is 0 Å². The van der Waals surface area contributed by atoms with Gasteiger partial charge in [0.1, 0.15) is 5.82 Å². The molecule has 1 rings (SSSR count). The number of nitrogens with one attached hydrogen (secondary N) is 1. The van der Waals surface area contributed by atoms with Crippen molar-refractivity contribution < 1.29 is 9.50 Å². The summed E-state index contributed by atoms with van der Waals surface area (Å²) in [6.45, 7) is 5.52. The van der Waals surface area contributed by atoms with Crippen LogP contribution in [0.1, 0.15) is 25.5 Å². The van der Waals surface area contributed by atoms with Gasteiger partial charge >= 0.3 is 0 Å². The normalized spacial score (nSPS) is 14.9. The van der Waals surface area contributed by atoms with Crippen molar-refractivity contribution in [2.75, 3.05) is 27.2 Å². The molecule has 0 bridgehead atoms. The van der Waals surface area contributed by atoms with E-state index in [0.29, 0.717) is 18.0 Å². The number of aliphatic hydroxyl groups is 1. The van der Waals surface area contributed by atoms with Crippen molar-refractivity contribution in [2.24, 2.45) is 5.92 Å². The quantitative estimate of drug-likeness (QED) is 0.794. The van der Waals surface area contributed by atoms with Gasteiger partial charge in [-0.2, -0.15) is 0 Å². The molecule has 2 unspecified atom stereocenters. The van der Waals surface area contributed by atoms with Gasteiger partial charge in [0.15, 0.2) is 0 Å². The summed E-state index contributed by atoms with van der Waals surface area (Å²) in [7, 11) is 4.04. The van der Waals surface area contributed by atoms with Crippen LogP contribution in [0.3, 0.4) is 0 Å². The maximum atomic E-state index is 13.5. The molecule has 0 saturated carbocycles. The lowest BCUT2D eigenvalue weighted by Gasteiger charge is -2.27. The molecular weight excluding hydrogens is 243 g/mol. The standard InChI is InChI=1S/C15H25FN2O/c1-11(2)14(10-18(3)4)17-9-15(19)12-7-5-6-8-13(12)16/h5-8,11,14-15,17,19H,9-10H2,1-4H3. The first-order valence-corrected chi connectivity index (χ1v) is 6.72. The molecule has 3 nitrogen and oxygen atoms in total. The number of benzene rings is 1. The first-order chi connectivity index (χ1) is 8.91. The molecule has 0 fully saturated rings. The molecule has 2 N–H and O–H groups in total. The summed E-state index contributed by atoms with van der Waals surface area (Å²) in [5.41, 5.74) is 0.349. The summed E-state index contributed by atoms with van der Waals surface area (Å²) in [5.74, 6) is 0.0979. The molecule has 0 aliphatic rings. The van der Waals surface area contributed by atoms with Crippen LogP contribution in [-0.4, -0.2) is 43.2 Å². The summed E-state index contributed by atoms with van der Waals surface area (Å²) in [4.78, 5) is 2.10. The van der Waals surface area contributed by atoms with Crippen molar-refractivity contribution in [2.45, 2.75) is 26.0 Å². The van der Waals surface area contributed by atoms with Crippen molar-refractivity contribution in [1.29, 1.82) is 0 Å². The largest absolute Gasteiger partial charge is 0.387 e.